The number of nitrogens with zero attached hydrogens (tertiary/aromatic N) is 1. The van der Waals surface area contributed by atoms with Gasteiger partial charge in [-0.1, -0.05) is 27.7 Å². The fraction of sp³-hybridized carbons (Fsp3) is 0.923. The van der Waals surface area contributed by atoms with Crippen LogP contribution in [0.1, 0.15) is 40.5 Å². The summed E-state index contributed by atoms with van der Waals surface area (Å²) in [5.41, 5.74) is 0. The smallest absolute Gasteiger partial charge is 0.144 e. The Kier molecular flexibility index (Phi) is 4.32. The van der Waals surface area contributed by atoms with Crippen molar-refractivity contribution in [2.24, 2.45) is 11.8 Å². The van der Waals surface area contributed by atoms with Crippen molar-refractivity contribution in [1.82, 2.24) is 0 Å². The number of likely N-dealkylation sites (tertiary alicyclic amines) is 1. The van der Waals surface area contributed by atoms with E-state index < -0.39 is 0 Å². The SMILES string of the molecule is CC(C)C[N+]1(CC(C)C)CCC(=O)CC1. The maximum Gasteiger partial charge on any atom is 0.144 e. The van der Waals surface area contributed by atoms with Crippen LogP contribution in [0.2, 0.25) is 0 Å². The van der Waals surface area contributed by atoms with Crippen molar-refractivity contribution >= 4 is 5.78 Å². The molecule has 2 nitrogen and oxygen atoms in total. The highest BCUT2D eigenvalue weighted by molar-refractivity contribution is 5.78. The lowest BCUT2D eigenvalue weighted by Crippen LogP contribution is -2.56. The molecular formula is C13H26NO+. The molecule has 1 aliphatic heterocycles. The molecule has 0 aromatic carbocycles. The van der Waals surface area contributed by atoms with Gasteiger partial charge < -0.3 is 4.48 Å². The van der Waals surface area contributed by atoms with E-state index in [1.165, 1.54) is 17.6 Å². The number of ketones is 1. The number of hydrogen-bond donors (Lipinski definition) is 0. The molecule has 0 aliphatic carbocycles. The lowest BCUT2D eigenvalue weighted by atomic mass is 10.0. The van der Waals surface area contributed by atoms with Gasteiger partial charge in [-0.25, -0.2) is 0 Å². The molecule has 0 radical (unpaired) electrons. The van der Waals surface area contributed by atoms with Crippen LogP contribution in [0.15, 0.2) is 0 Å². The Labute approximate surface area is 94.2 Å². The predicted octanol–water partition coefficient (Wildman–Crippen LogP) is 2.48. The Morgan fingerprint density at radius 2 is 1.40 bits per heavy atom. The number of carbonyl (C=O) groups is 1. The fourth-order valence-electron chi connectivity index (χ4n) is 2.95. The standard InChI is InChI=1S/C13H26NO/c1-11(2)9-14(10-12(3)4)7-5-13(15)6-8-14/h11-12H,5-10H2,1-4H3/q+1. The van der Waals surface area contributed by atoms with Gasteiger partial charge in [0.1, 0.15) is 5.78 Å². The van der Waals surface area contributed by atoms with E-state index in [9.17, 15) is 4.79 Å². The molecule has 0 unspecified atom stereocenters. The number of piperidine rings is 1. The third-order valence-electron chi connectivity index (χ3n) is 3.23. The molecule has 0 aromatic rings. The van der Waals surface area contributed by atoms with Crippen molar-refractivity contribution in [2.75, 3.05) is 26.2 Å². The lowest BCUT2D eigenvalue weighted by Gasteiger charge is -2.43. The molecule has 88 valence electrons. The quantitative estimate of drug-likeness (QED) is 0.654. The minimum atomic E-state index is 0.469. The van der Waals surface area contributed by atoms with Gasteiger partial charge in [-0.3, -0.25) is 4.79 Å². The second-order valence-electron chi connectivity index (χ2n) is 5.98. The molecule has 0 N–H and O–H groups in total. The third kappa shape index (κ3) is 3.94. The summed E-state index contributed by atoms with van der Waals surface area (Å²) in [6.07, 6.45) is 1.61. The van der Waals surface area contributed by atoms with Crippen LogP contribution in [0.5, 0.6) is 0 Å². The Bertz CT molecular complexity index is 199. The largest absolute Gasteiger partial charge is 0.322 e. The van der Waals surface area contributed by atoms with Crippen molar-refractivity contribution in [2.45, 2.75) is 40.5 Å². The summed E-state index contributed by atoms with van der Waals surface area (Å²) < 4.78 is 1.18. The molecule has 0 saturated carbocycles. The molecule has 1 aliphatic rings. The predicted molar refractivity (Wildman–Crippen MR) is 63.6 cm³/mol. The van der Waals surface area contributed by atoms with Crippen LogP contribution in [0, 0.1) is 11.8 Å². The Hall–Kier alpha value is -0.370. The second-order valence-corrected chi connectivity index (χ2v) is 5.98. The number of rotatable bonds is 4. The highest BCUT2D eigenvalue weighted by Crippen LogP contribution is 2.21. The number of quaternary nitrogens is 1. The average Bonchev–Trinajstić information content (AvgIpc) is 2.08. The van der Waals surface area contributed by atoms with E-state index in [4.69, 9.17) is 0 Å². The van der Waals surface area contributed by atoms with Crippen LogP contribution in [0.4, 0.5) is 0 Å². The van der Waals surface area contributed by atoms with Gasteiger partial charge in [0.2, 0.25) is 0 Å². The van der Waals surface area contributed by atoms with E-state index in [2.05, 4.69) is 27.7 Å². The van der Waals surface area contributed by atoms with Gasteiger partial charge in [-0.05, 0) is 0 Å². The van der Waals surface area contributed by atoms with Crippen LogP contribution in [-0.2, 0) is 4.79 Å². The molecule has 0 atom stereocenters. The zero-order valence-electron chi connectivity index (χ0n) is 10.8. The molecule has 15 heavy (non-hydrogen) atoms. The van der Waals surface area contributed by atoms with E-state index in [-0.39, 0.29) is 0 Å². The first-order valence-corrected chi connectivity index (χ1v) is 6.30. The van der Waals surface area contributed by atoms with Gasteiger partial charge >= 0.3 is 0 Å². The maximum atomic E-state index is 11.3. The first-order valence-electron chi connectivity index (χ1n) is 6.30. The van der Waals surface area contributed by atoms with Crippen LogP contribution >= 0.6 is 0 Å². The molecule has 2 heteroatoms. The summed E-state index contributed by atoms with van der Waals surface area (Å²) in [6, 6.07) is 0. The highest BCUT2D eigenvalue weighted by atomic mass is 16.1. The molecule has 1 saturated heterocycles. The van der Waals surface area contributed by atoms with Gasteiger partial charge in [-0.15, -0.1) is 0 Å². The van der Waals surface area contributed by atoms with Crippen LogP contribution < -0.4 is 0 Å². The fourth-order valence-corrected chi connectivity index (χ4v) is 2.95. The van der Waals surface area contributed by atoms with Crippen molar-refractivity contribution in [3.8, 4) is 0 Å². The zero-order chi connectivity index (χ0) is 11.5. The maximum absolute atomic E-state index is 11.3. The second kappa shape index (κ2) is 5.11. The minimum absolute atomic E-state index is 0.469. The summed E-state index contributed by atoms with van der Waals surface area (Å²) >= 11 is 0. The molecule has 1 heterocycles. The molecule has 1 fully saturated rings. The first kappa shape index (κ1) is 12.7. The van der Waals surface area contributed by atoms with Gasteiger partial charge in [0.15, 0.2) is 0 Å². The number of carbonyl (C=O) groups excluding carboxylic acids is 1. The average molecular weight is 212 g/mol. The van der Waals surface area contributed by atoms with Crippen molar-refractivity contribution in [1.29, 1.82) is 0 Å². The van der Waals surface area contributed by atoms with E-state index in [0.29, 0.717) is 5.78 Å². The highest BCUT2D eigenvalue weighted by Gasteiger charge is 2.34. The van der Waals surface area contributed by atoms with Gasteiger partial charge in [-0.2, -0.15) is 0 Å². The molecule has 0 spiro atoms. The van der Waals surface area contributed by atoms with E-state index >= 15 is 0 Å². The molecule has 0 bridgehead atoms. The minimum Gasteiger partial charge on any atom is -0.322 e. The van der Waals surface area contributed by atoms with Crippen molar-refractivity contribution in [3.05, 3.63) is 0 Å². The summed E-state index contributed by atoms with van der Waals surface area (Å²) in [5, 5.41) is 0. The van der Waals surface area contributed by atoms with Gasteiger partial charge in [0.25, 0.3) is 0 Å². The normalized spacial score (nSPS) is 21.3. The summed E-state index contributed by atoms with van der Waals surface area (Å²) in [6.45, 7) is 13.8. The third-order valence-corrected chi connectivity index (χ3v) is 3.23. The topological polar surface area (TPSA) is 17.1 Å². The molecule has 0 amide bonds. The van der Waals surface area contributed by atoms with Gasteiger partial charge in [0.05, 0.1) is 39.0 Å². The lowest BCUT2D eigenvalue weighted by molar-refractivity contribution is -0.934. The summed E-state index contributed by atoms with van der Waals surface area (Å²) in [4.78, 5) is 11.3. The van der Waals surface area contributed by atoms with E-state index in [1.807, 2.05) is 0 Å². The molecule has 0 aromatic heterocycles. The number of Topliss-reactive ketones (excluding diaryl/α,β-unsaturated/α-hetero) is 1. The number of hydrogen-bond acceptors (Lipinski definition) is 1. The molecule has 1 rings (SSSR count). The summed E-state index contributed by atoms with van der Waals surface area (Å²) in [5.74, 6) is 1.94. The molecular weight excluding hydrogens is 186 g/mol. The van der Waals surface area contributed by atoms with Crippen LogP contribution in [0.3, 0.4) is 0 Å². The van der Waals surface area contributed by atoms with Crippen molar-refractivity contribution in [3.63, 3.8) is 0 Å². The first-order chi connectivity index (χ1) is 6.93. The van der Waals surface area contributed by atoms with Crippen molar-refractivity contribution < 1.29 is 9.28 Å². The van der Waals surface area contributed by atoms with Crippen LogP contribution in [0.25, 0.3) is 0 Å². The Morgan fingerprint density at radius 1 is 1.00 bits per heavy atom. The Morgan fingerprint density at radius 3 is 1.73 bits per heavy atom. The van der Waals surface area contributed by atoms with E-state index in [1.54, 1.807) is 0 Å². The zero-order valence-corrected chi connectivity index (χ0v) is 10.8. The Balaban J connectivity index is 2.63. The van der Waals surface area contributed by atoms with Crippen LogP contribution in [-0.4, -0.2) is 36.4 Å². The van der Waals surface area contributed by atoms with Gasteiger partial charge in [0, 0.05) is 11.8 Å². The monoisotopic (exact) mass is 212 g/mol. The van der Waals surface area contributed by atoms with E-state index in [0.717, 1.165) is 37.8 Å². The summed E-state index contributed by atoms with van der Waals surface area (Å²) in [7, 11) is 0.